The van der Waals surface area contributed by atoms with Gasteiger partial charge in [0.25, 0.3) is 0 Å². The van der Waals surface area contributed by atoms with Crippen molar-refractivity contribution in [3.63, 3.8) is 0 Å². The lowest BCUT2D eigenvalue weighted by Gasteiger charge is -2.24. The highest BCUT2D eigenvalue weighted by molar-refractivity contribution is 7.15. The summed E-state index contributed by atoms with van der Waals surface area (Å²) in [6.07, 6.45) is -0.0822. The quantitative estimate of drug-likeness (QED) is 0.676. The second-order valence-electron chi connectivity index (χ2n) is 6.16. The number of benzene rings is 2. The summed E-state index contributed by atoms with van der Waals surface area (Å²) in [7, 11) is 0. The zero-order valence-corrected chi connectivity index (χ0v) is 14.6. The van der Waals surface area contributed by atoms with E-state index >= 15 is 0 Å². The Morgan fingerprint density at radius 2 is 1.85 bits per heavy atom. The molecular formula is C20H13F2NO3S. The number of nitrogens with one attached hydrogen (secondary N) is 1. The molecule has 3 aromatic rings. The number of amides is 1. The van der Waals surface area contributed by atoms with Crippen LogP contribution in [0.3, 0.4) is 0 Å². The van der Waals surface area contributed by atoms with Crippen LogP contribution in [0.25, 0.3) is 11.1 Å². The van der Waals surface area contributed by atoms with E-state index in [1.54, 1.807) is 30.3 Å². The van der Waals surface area contributed by atoms with Crippen LogP contribution in [-0.2, 0) is 4.79 Å². The molecule has 2 aromatic carbocycles. The summed E-state index contributed by atoms with van der Waals surface area (Å²) in [4.78, 5) is 24.7. The van der Waals surface area contributed by atoms with Gasteiger partial charge in [0, 0.05) is 22.8 Å². The molecular weight excluding hydrogens is 372 g/mol. The number of fused-ring (bicyclic) bond motifs is 1. The molecule has 27 heavy (non-hydrogen) atoms. The first kappa shape index (κ1) is 17.4. The third-order valence-corrected chi connectivity index (χ3v) is 5.81. The van der Waals surface area contributed by atoms with Crippen molar-refractivity contribution in [1.82, 2.24) is 0 Å². The van der Waals surface area contributed by atoms with Crippen LogP contribution in [-0.4, -0.2) is 17.0 Å². The van der Waals surface area contributed by atoms with E-state index in [0.29, 0.717) is 21.7 Å². The zero-order chi connectivity index (χ0) is 19.1. The van der Waals surface area contributed by atoms with Crippen molar-refractivity contribution in [3.8, 4) is 11.1 Å². The maximum absolute atomic E-state index is 14.4. The Kier molecular flexibility index (Phi) is 4.24. The Labute approximate surface area is 157 Å². The maximum atomic E-state index is 14.4. The number of halogens is 2. The number of carbonyl (C=O) groups is 2. The first-order valence-electron chi connectivity index (χ1n) is 8.16. The van der Waals surface area contributed by atoms with Crippen molar-refractivity contribution in [1.29, 1.82) is 0 Å². The van der Waals surface area contributed by atoms with Gasteiger partial charge in [-0.1, -0.05) is 42.5 Å². The molecule has 1 aliphatic heterocycles. The fraction of sp³-hybridized carbons (Fsp3) is 0.100. The molecule has 0 saturated heterocycles. The van der Waals surface area contributed by atoms with Crippen molar-refractivity contribution < 1.29 is 23.5 Å². The third-order valence-electron chi connectivity index (χ3n) is 4.52. The average Bonchev–Trinajstić information content (AvgIpc) is 3.04. The van der Waals surface area contributed by atoms with Crippen LogP contribution >= 0.6 is 11.3 Å². The molecule has 0 fully saturated rings. The van der Waals surface area contributed by atoms with Crippen molar-refractivity contribution >= 4 is 28.9 Å². The Hall–Kier alpha value is -3.06. The second kappa shape index (κ2) is 6.59. The van der Waals surface area contributed by atoms with E-state index in [4.69, 9.17) is 0 Å². The molecule has 1 amide bonds. The van der Waals surface area contributed by atoms with E-state index in [9.17, 15) is 23.5 Å². The highest BCUT2D eigenvalue weighted by Gasteiger charge is 2.35. The summed E-state index contributed by atoms with van der Waals surface area (Å²) < 4.78 is 28.1. The van der Waals surface area contributed by atoms with Gasteiger partial charge in [-0.25, -0.2) is 13.6 Å². The lowest BCUT2D eigenvalue weighted by molar-refractivity contribution is -0.116. The Bertz CT molecular complexity index is 1060. The minimum absolute atomic E-state index is 0.0453. The number of aromatic carboxylic acids is 1. The van der Waals surface area contributed by atoms with Gasteiger partial charge in [0.2, 0.25) is 5.91 Å². The van der Waals surface area contributed by atoms with Gasteiger partial charge in [0.15, 0.2) is 11.6 Å². The van der Waals surface area contributed by atoms with Crippen molar-refractivity contribution in [2.45, 2.75) is 12.3 Å². The minimum atomic E-state index is -1.14. The Balaban J connectivity index is 1.97. The predicted molar refractivity (Wildman–Crippen MR) is 98.2 cm³/mol. The summed E-state index contributed by atoms with van der Waals surface area (Å²) in [5.41, 5.74) is 1.42. The highest BCUT2D eigenvalue weighted by atomic mass is 32.1. The number of rotatable bonds is 3. The third kappa shape index (κ3) is 2.90. The number of thiophene rings is 1. The molecule has 7 heteroatoms. The fourth-order valence-corrected chi connectivity index (χ4v) is 4.60. The van der Waals surface area contributed by atoms with Crippen LogP contribution in [0.4, 0.5) is 14.5 Å². The van der Waals surface area contributed by atoms with Gasteiger partial charge in [0.1, 0.15) is 4.88 Å². The SMILES string of the molecule is O=C1C[C@@H](c2cccc(F)c2F)c2sc(C(=O)O)c(-c3ccccc3)c2N1. The molecule has 0 radical (unpaired) electrons. The number of carboxylic acid groups (broad SMARTS) is 1. The molecule has 0 bridgehead atoms. The first-order valence-corrected chi connectivity index (χ1v) is 8.98. The molecule has 4 nitrogen and oxygen atoms in total. The van der Waals surface area contributed by atoms with E-state index < -0.39 is 23.5 Å². The van der Waals surface area contributed by atoms with Crippen molar-refractivity contribution in [3.05, 3.63) is 75.5 Å². The van der Waals surface area contributed by atoms with Crippen LogP contribution in [0.1, 0.15) is 32.5 Å². The number of hydrogen-bond acceptors (Lipinski definition) is 3. The Morgan fingerprint density at radius 3 is 2.56 bits per heavy atom. The van der Waals surface area contributed by atoms with Crippen LogP contribution in [0.5, 0.6) is 0 Å². The number of carbonyl (C=O) groups excluding carboxylic acids is 1. The highest BCUT2D eigenvalue weighted by Crippen LogP contribution is 2.49. The molecule has 0 spiro atoms. The topological polar surface area (TPSA) is 66.4 Å². The lowest BCUT2D eigenvalue weighted by Crippen LogP contribution is -2.23. The molecule has 1 aliphatic rings. The summed E-state index contributed by atoms with van der Waals surface area (Å²) in [6.45, 7) is 0. The first-order chi connectivity index (χ1) is 13.0. The molecule has 0 unspecified atom stereocenters. The fourth-order valence-electron chi connectivity index (χ4n) is 3.36. The number of carboxylic acids is 1. The van der Waals surface area contributed by atoms with Crippen LogP contribution < -0.4 is 5.32 Å². The smallest absolute Gasteiger partial charge is 0.346 e. The number of anilines is 1. The molecule has 136 valence electrons. The lowest BCUT2D eigenvalue weighted by atomic mass is 9.88. The van der Waals surface area contributed by atoms with Gasteiger partial charge in [-0.05, 0) is 17.2 Å². The van der Waals surface area contributed by atoms with Crippen molar-refractivity contribution in [2.75, 3.05) is 5.32 Å². The normalized spacial score (nSPS) is 15.9. The van der Waals surface area contributed by atoms with Crippen molar-refractivity contribution in [2.24, 2.45) is 0 Å². The summed E-state index contributed by atoms with van der Waals surface area (Å²) in [6, 6.07) is 12.6. The van der Waals surface area contributed by atoms with E-state index in [1.165, 1.54) is 12.1 Å². The van der Waals surface area contributed by atoms with Gasteiger partial charge >= 0.3 is 5.97 Å². The van der Waals surface area contributed by atoms with E-state index in [1.807, 2.05) is 0 Å². The average molecular weight is 385 g/mol. The molecule has 4 rings (SSSR count). The molecule has 0 aliphatic carbocycles. The van der Waals surface area contributed by atoms with Crippen LogP contribution in [0.15, 0.2) is 48.5 Å². The largest absolute Gasteiger partial charge is 0.477 e. The van der Waals surface area contributed by atoms with Gasteiger partial charge in [0.05, 0.1) is 5.69 Å². The van der Waals surface area contributed by atoms with Gasteiger partial charge in [-0.3, -0.25) is 4.79 Å². The number of hydrogen-bond donors (Lipinski definition) is 2. The standard InChI is InChI=1S/C20H13F2NO3S/c21-13-8-4-7-11(16(13)22)12-9-14(24)23-17-15(10-5-2-1-3-6-10)19(20(25)26)27-18(12)17/h1-8,12H,9H2,(H,23,24)(H,25,26)/t12-/m0/s1. The molecule has 1 aromatic heterocycles. The molecule has 2 N–H and O–H groups in total. The Morgan fingerprint density at radius 1 is 1.11 bits per heavy atom. The van der Waals surface area contributed by atoms with Crippen LogP contribution in [0, 0.1) is 11.6 Å². The second-order valence-corrected chi connectivity index (χ2v) is 7.22. The summed E-state index contributed by atoms with van der Waals surface area (Å²) in [5.74, 6) is -4.28. The predicted octanol–water partition coefficient (Wildman–Crippen LogP) is 4.87. The minimum Gasteiger partial charge on any atom is -0.477 e. The van der Waals surface area contributed by atoms with E-state index in [0.717, 1.165) is 17.4 Å². The molecule has 1 atom stereocenters. The van der Waals surface area contributed by atoms with Gasteiger partial charge < -0.3 is 10.4 Å². The molecule has 2 heterocycles. The maximum Gasteiger partial charge on any atom is 0.346 e. The van der Waals surface area contributed by atoms with E-state index in [-0.39, 0.29) is 22.8 Å². The summed E-state index contributed by atoms with van der Waals surface area (Å²) in [5, 5.41) is 12.4. The molecule has 0 saturated carbocycles. The van der Waals surface area contributed by atoms with E-state index in [2.05, 4.69) is 5.32 Å². The van der Waals surface area contributed by atoms with Gasteiger partial charge in [-0.15, -0.1) is 11.3 Å². The van der Waals surface area contributed by atoms with Crippen LogP contribution in [0.2, 0.25) is 0 Å². The monoisotopic (exact) mass is 385 g/mol. The summed E-state index contributed by atoms with van der Waals surface area (Å²) >= 11 is 0.981. The van der Waals surface area contributed by atoms with Gasteiger partial charge in [-0.2, -0.15) is 0 Å². The zero-order valence-electron chi connectivity index (χ0n) is 13.8.